The lowest BCUT2D eigenvalue weighted by Gasteiger charge is -2.26. The van der Waals surface area contributed by atoms with Crippen LogP contribution in [-0.2, 0) is 0 Å². The Labute approximate surface area is 122 Å². The van der Waals surface area contributed by atoms with Gasteiger partial charge in [0.05, 0.1) is 4.92 Å². The van der Waals surface area contributed by atoms with Gasteiger partial charge >= 0.3 is 5.97 Å². The maximum absolute atomic E-state index is 11.0. The third kappa shape index (κ3) is 3.30. The van der Waals surface area contributed by atoms with E-state index < -0.39 is 10.9 Å². The van der Waals surface area contributed by atoms with Crippen LogP contribution >= 0.6 is 0 Å². The van der Waals surface area contributed by atoms with Gasteiger partial charge in [0, 0.05) is 30.9 Å². The normalized spacial score (nSPS) is 18.0. The highest BCUT2D eigenvalue weighted by molar-refractivity contribution is 5.93. The highest BCUT2D eigenvalue weighted by Crippen LogP contribution is 2.32. The summed E-state index contributed by atoms with van der Waals surface area (Å²) in [5.41, 5.74) is -0.00481. The standard InChI is InChI=1S/C14H18N2O5/c17-8-2-4-10-3-1-7-15(10)11-5-6-12(14(18)19)13(9-11)16(20)21/h5-6,9-10,17H,1-4,7-8H2,(H,18,19). The molecule has 1 aliphatic rings. The van der Waals surface area contributed by atoms with Crippen molar-refractivity contribution in [2.75, 3.05) is 18.1 Å². The Morgan fingerprint density at radius 1 is 1.48 bits per heavy atom. The summed E-state index contributed by atoms with van der Waals surface area (Å²) < 4.78 is 0. The molecule has 1 unspecified atom stereocenters. The summed E-state index contributed by atoms with van der Waals surface area (Å²) in [6.07, 6.45) is 3.49. The molecular formula is C14H18N2O5. The second-order valence-corrected chi connectivity index (χ2v) is 5.12. The summed E-state index contributed by atoms with van der Waals surface area (Å²) >= 11 is 0. The van der Waals surface area contributed by atoms with Crippen LogP contribution in [0.25, 0.3) is 0 Å². The van der Waals surface area contributed by atoms with E-state index in [1.165, 1.54) is 12.1 Å². The van der Waals surface area contributed by atoms with E-state index in [4.69, 9.17) is 10.2 Å². The van der Waals surface area contributed by atoms with Gasteiger partial charge in [0.25, 0.3) is 5.69 Å². The molecule has 0 aliphatic carbocycles. The largest absolute Gasteiger partial charge is 0.477 e. The number of carboxylic acid groups (broad SMARTS) is 1. The van der Waals surface area contributed by atoms with Crippen LogP contribution in [0.1, 0.15) is 36.0 Å². The quantitative estimate of drug-likeness (QED) is 0.614. The van der Waals surface area contributed by atoms with Crippen LogP contribution in [-0.4, -0.2) is 40.3 Å². The fourth-order valence-electron chi connectivity index (χ4n) is 2.83. The van der Waals surface area contributed by atoms with Crippen LogP contribution in [0.4, 0.5) is 11.4 Å². The van der Waals surface area contributed by atoms with E-state index in [1.807, 2.05) is 0 Å². The van der Waals surface area contributed by atoms with Crippen molar-refractivity contribution >= 4 is 17.3 Å². The second kappa shape index (κ2) is 6.53. The van der Waals surface area contributed by atoms with E-state index in [0.29, 0.717) is 12.1 Å². The number of carbonyl (C=O) groups is 1. The first-order valence-corrected chi connectivity index (χ1v) is 6.94. The lowest BCUT2D eigenvalue weighted by atomic mass is 10.1. The van der Waals surface area contributed by atoms with Crippen molar-refractivity contribution in [3.8, 4) is 0 Å². The molecule has 21 heavy (non-hydrogen) atoms. The van der Waals surface area contributed by atoms with E-state index in [9.17, 15) is 14.9 Å². The molecule has 0 radical (unpaired) electrons. The first-order valence-electron chi connectivity index (χ1n) is 6.94. The van der Waals surface area contributed by atoms with Gasteiger partial charge in [-0.05, 0) is 37.8 Å². The zero-order valence-corrected chi connectivity index (χ0v) is 11.6. The second-order valence-electron chi connectivity index (χ2n) is 5.12. The van der Waals surface area contributed by atoms with E-state index in [2.05, 4.69) is 4.90 Å². The molecule has 2 rings (SSSR count). The number of rotatable bonds is 6. The molecule has 7 heteroatoms. The molecule has 0 spiro atoms. The van der Waals surface area contributed by atoms with Crippen LogP contribution in [0.15, 0.2) is 18.2 Å². The molecule has 114 valence electrons. The molecule has 1 atom stereocenters. The number of aliphatic hydroxyl groups excluding tert-OH is 1. The molecule has 0 bridgehead atoms. The summed E-state index contributed by atoms with van der Waals surface area (Å²) in [4.78, 5) is 23.5. The number of benzene rings is 1. The Balaban J connectivity index is 2.29. The first kappa shape index (κ1) is 15.2. The molecule has 1 aromatic rings. The molecule has 2 N–H and O–H groups in total. The maximum Gasteiger partial charge on any atom is 0.342 e. The molecular weight excluding hydrogens is 276 g/mol. The summed E-state index contributed by atoms with van der Waals surface area (Å²) in [7, 11) is 0. The molecule has 1 aliphatic heterocycles. The van der Waals surface area contributed by atoms with Gasteiger partial charge in [0.2, 0.25) is 0 Å². The van der Waals surface area contributed by atoms with Crippen LogP contribution in [0.3, 0.4) is 0 Å². The summed E-state index contributed by atoms with van der Waals surface area (Å²) in [6.45, 7) is 0.919. The molecule has 1 aromatic carbocycles. The minimum atomic E-state index is -1.30. The molecule has 0 aromatic heterocycles. The van der Waals surface area contributed by atoms with E-state index in [1.54, 1.807) is 6.07 Å². The van der Waals surface area contributed by atoms with Crippen molar-refractivity contribution in [1.82, 2.24) is 0 Å². The number of hydrogen-bond donors (Lipinski definition) is 2. The van der Waals surface area contributed by atoms with Gasteiger partial charge in [-0.25, -0.2) is 4.79 Å². The number of carboxylic acids is 1. The van der Waals surface area contributed by atoms with Crippen molar-refractivity contribution < 1.29 is 19.9 Å². The Hall–Kier alpha value is -2.15. The molecule has 7 nitrogen and oxygen atoms in total. The highest BCUT2D eigenvalue weighted by Gasteiger charge is 2.27. The fourth-order valence-corrected chi connectivity index (χ4v) is 2.83. The molecule has 0 amide bonds. The van der Waals surface area contributed by atoms with Gasteiger partial charge < -0.3 is 15.1 Å². The van der Waals surface area contributed by atoms with Crippen LogP contribution in [0.5, 0.6) is 0 Å². The van der Waals surface area contributed by atoms with Crippen molar-refractivity contribution in [2.45, 2.75) is 31.7 Å². The topological polar surface area (TPSA) is 104 Å². The maximum atomic E-state index is 11.0. The van der Waals surface area contributed by atoms with E-state index in [0.717, 1.165) is 25.8 Å². The van der Waals surface area contributed by atoms with Crippen molar-refractivity contribution in [2.24, 2.45) is 0 Å². The van der Waals surface area contributed by atoms with Crippen molar-refractivity contribution in [1.29, 1.82) is 0 Å². The Morgan fingerprint density at radius 3 is 2.86 bits per heavy atom. The Bertz CT molecular complexity index is 546. The number of anilines is 1. The number of aliphatic hydroxyl groups is 1. The highest BCUT2D eigenvalue weighted by atomic mass is 16.6. The number of hydrogen-bond acceptors (Lipinski definition) is 5. The van der Waals surface area contributed by atoms with Gasteiger partial charge in [-0.3, -0.25) is 10.1 Å². The van der Waals surface area contributed by atoms with Crippen molar-refractivity contribution in [3.05, 3.63) is 33.9 Å². The molecule has 0 saturated carbocycles. The van der Waals surface area contributed by atoms with Crippen LogP contribution in [0, 0.1) is 10.1 Å². The third-order valence-corrected chi connectivity index (χ3v) is 3.81. The Morgan fingerprint density at radius 2 is 2.24 bits per heavy atom. The summed E-state index contributed by atoms with van der Waals surface area (Å²) in [6, 6.07) is 4.48. The van der Waals surface area contributed by atoms with Crippen molar-refractivity contribution in [3.63, 3.8) is 0 Å². The number of aromatic carboxylic acids is 1. The Kier molecular flexibility index (Phi) is 4.74. The van der Waals surface area contributed by atoms with Crippen LogP contribution < -0.4 is 4.90 Å². The smallest absolute Gasteiger partial charge is 0.342 e. The predicted octanol–water partition coefficient (Wildman–Crippen LogP) is 2.03. The first-order chi connectivity index (χ1) is 10.0. The number of nitrogens with zero attached hydrogens (tertiary/aromatic N) is 2. The van der Waals surface area contributed by atoms with Gasteiger partial charge in [-0.15, -0.1) is 0 Å². The minimum absolute atomic E-state index is 0.127. The monoisotopic (exact) mass is 294 g/mol. The van der Waals surface area contributed by atoms with Gasteiger partial charge in [-0.2, -0.15) is 0 Å². The summed E-state index contributed by atoms with van der Waals surface area (Å²) in [5, 5.41) is 29.0. The zero-order chi connectivity index (χ0) is 15.4. The average Bonchev–Trinajstić information content (AvgIpc) is 2.92. The average molecular weight is 294 g/mol. The summed E-state index contributed by atoms with van der Waals surface area (Å²) in [5.74, 6) is -1.30. The predicted molar refractivity (Wildman–Crippen MR) is 76.7 cm³/mol. The molecule has 1 saturated heterocycles. The van der Waals surface area contributed by atoms with E-state index >= 15 is 0 Å². The van der Waals surface area contributed by atoms with Crippen LogP contribution in [0.2, 0.25) is 0 Å². The number of nitro groups is 1. The lowest BCUT2D eigenvalue weighted by Crippen LogP contribution is -2.29. The zero-order valence-electron chi connectivity index (χ0n) is 11.6. The van der Waals surface area contributed by atoms with Gasteiger partial charge in [0.15, 0.2) is 0 Å². The minimum Gasteiger partial charge on any atom is -0.477 e. The SMILES string of the molecule is O=C(O)c1ccc(N2CCCC2CCCO)cc1[N+](=O)[O-]. The molecule has 1 fully saturated rings. The lowest BCUT2D eigenvalue weighted by molar-refractivity contribution is -0.385. The van der Waals surface area contributed by atoms with E-state index in [-0.39, 0.29) is 23.9 Å². The number of nitro benzene ring substituents is 1. The fraction of sp³-hybridized carbons (Fsp3) is 0.500. The van der Waals surface area contributed by atoms with Gasteiger partial charge in [-0.1, -0.05) is 0 Å². The van der Waals surface area contributed by atoms with Gasteiger partial charge in [0.1, 0.15) is 5.56 Å². The third-order valence-electron chi connectivity index (χ3n) is 3.81. The molecule has 1 heterocycles.